The zero-order valence-electron chi connectivity index (χ0n) is 15.8. The Morgan fingerprint density at radius 3 is 2.38 bits per heavy atom. The summed E-state index contributed by atoms with van der Waals surface area (Å²) >= 11 is 0. The van der Waals surface area contributed by atoms with Crippen LogP contribution in [0.15, 0.2) is 48.5 Å². The highest BCUT2D eigenvalue weighted by molar-refractivity contribution is 5.97. The SMILES string of the molecule is CNC(=O)c1cccc(NC(=O)C[NH+](C)Cc2ccc(N(C)C)cc2)c1. The molecule has 138 valence electrons. The van der Waals surface area contributed by atoms with Crippen molar-refractivity contribution in [2.75, 3.05) is 45.0 Å². The predicted octanol–water partition coefficient (Wildman–Crippen LogP) is 0.766. The minimum atomic E-state index is -0.176. The number of carbonyl (C=O) groups excluding carboxylic acids is 2. The number of benzene rings is 2. The summed E-state index contributed by atoms with van der Waals surface area (Å²) in [5.74, 6) is -0.258. The Bertz CT molecular complexity index is 757. The average molecular weight is 355 g/mol. The molecule has 0 saturated heterocycles. The monoisotopic (exact) mass is 355 g/mol. The van der Waals surface area contributed by atoms with Crippen LogP contribution in [0.25, 0.3) is 0 Å². The van der Waals surface area contributed by atoms with Crippen molar-refractivity contribution in [1.29, 1.82) is 0 Å². The van der Waals surface area contributed by atoms with E-state index in [1.165, 1.54) is 5.56 Å². The molecule has 0 bridgehead atoms. The Morgan fingerprint density at radius 1 is 1.08 bits per heavy atom. The highest BCUT2D eigenvalue weighted by Gasteiger charge is 2.12. The van der Waals surface area contributed by atoms with Gasteiger partial charge < -0.3 is 20.4 Å². The van der Waals surface area contributed by atoms with E-state index < -0.39 is 0 Å². The number of hydrogen-bond acceptors (Lipinski definition) is 3. The molecule has 6 heteroatoms. The zero-order valence-corrected chi connectivity index (χ0v) is 15.8. The maximum absolute atomic E-state index is 12.3. The van der Waals surface area contributed by atoms with Crippen molar-refractivity contribution in [3.8, 4) is 0 Å². The van der Waals surface area contributed by atoms with Gasteiger partial charge in [0.1, 0.15) is 6.54 Å². The summed E-state index contributed by atoms with van der Waals surface area (Å²) in [6, 6.07) is 15.2. The van der Waals surface area contributed by atoms with Crippen LogP contribution in [0.5, 0.6) is 0 Å². The molecule has 2 aromatic rings. The third-order valence-electron chi connectivity index (χ3n) is 4.06. The molecule has 6 nitrogen and oxygen atoms in total. The molecule has 2 aromatic carbocycles. The maximum Gasteiger partial charge on any atom is 0.279 e. The first kappa shape index (κ1) is 19.5. The number of carbonyl (C=O) groups is 2. The molecule has 26 heavy (non-hydrogen) atoms. The fraction of sp³-hybridized carbons (Fsp3) is 0.300. The largest absolute Gasteiger partial charge is 0.378 e. The van der Waals surface area contributed by atoms with Crippen LogP contribution in [-0.2, 0) is 11.3 Å². The van der Waals surface area contributed by atoms with Crippen LogP contribution in [0.1, 0.15) is 15.9 Å². The lowest BCUT2D eigenvalue weighted by Crippen LogP contribution is -3.08. The van der Waals surface area contributed by atoms with Gasteiger partial charge in [-0.2, -0.15) is 0 Å². The number of anilines is 2. The van der Waals surface area contributed by atoms with E-state index in [4.69, 9.17) is 0 Å². The standard InChI is InChI=1S/C20H26N4O2/c1-21-20(26)16-6-5-7-17(12-16)22-19(25)14-24(4)13-15-8-10-18(11-9-15)23(2)3/h5-12H,13-14H2,1-4H3,(H,21,26)(H,22,25)/p+1. The van der Waals surface area contributed by atoms with Gasteiger partial charge in [-0.1, -0.05) is 18.2 Å². The van der Waals surface area contributed by atoms with Crippen LogP contribution in [0, 0.1) is 0 Å². The van der Waals surface area contributed by atoms with E-state index in [-0.39, 0.29) is 11.8 Å². The lowest BCUT2D eigenvalue weighted by Gasteiger charge is -2.16. The molecule has 1 unspecified atom stereocenters. The quantitative estimate of drug-likeness (QED) is 0.687. The van der Waals surface area contributed by atoms with E-state index in [0.29, 0.717) is 17.8 Å². The molecule has 0 radical (unpaired) electrons. The van der Waals surface area contributed by atoms with Gasteiger partial charge in [-0.05, 0) is 30.3 Å². The molecular weight excluding hydrogens is 328 g/mol. The van der Waals surface area contributed by atoms with Gasteiger partial charge >= 0.3 is 0 Å². The number of amides is 2. The number of likely N-dealkylation sites (N-methyl/N-ethyl adjacent to an activating group) is 1. The lowest BCUT2D eigenvalue weighted by molar-refractivity contribution is -0.885. The molecule has 2 amide bonds. The highest BCUT2D eigenvalue weighted by atomic mass is 16.2. The van der Waals surface area contributed by atoms with E-state index in [1.807, 2.05) is 21.1 Å². The van der Waals surface area contributed by atoms with E-state index in [2.05, 4.69) is 39.8 Å². The van der Waals surface area contributed by atoms with Crippen LogP contribution >= 0.6 is 0 Å². The number of nitrogens with one attached hydrogen (secondary N) is 3. The van der Waals surface area contributed by atoms with Gasteiger partial charge in [0.15, 0.2) is 6.54 Å². The summed E-state index contributed by atoms with van der Waals surface area (Å²) < 4.78 is 0. The van der Waals surface area contributed by atoms with Crippen LogP contribution in [0.2, 0.25) is 0 Å². The molecule has 0 saturated carbocycles. The minimum absolute atomic E-state index is 0.0820. The van der Waals surface area contributed by atoms with Crippen molar-refractivity contribution in [3.63, 3.8) is 0 Å². The summed E-state index contributed by atoms with van der Waals surface area (Å²) in [5, 5.41) is 5.43. The van der Waals surface area contributed by atoms with Crippen LogP contribution in [0.3, 0.4) is 0 Å². The van der Waals surface area contributed by atoms with Crippen molar-refractivity contribution in [1.82, 2.24) is 5.32 Å². The Balaban J connectivity index is 1.90. The van der Waals surface area contributed by atoms with Gasteiger partial charge in [0.2, 0.25) is 0 Å². The smallest absolute Gasteiger partial charge is 0.279 e. The number of hydrogen-bond donors (Lipinski definition) is 3. The summed E-state index contributed by atoms with van der Waals surface area (Å²) in [6.07, 6.45) is 0. The van der Waals surface area contributed by atoms with Gasteiger partial charge in [-0.25, -0.2) is 0 Å². The molecule has 0 aromatic heterocycles. The first-order chi connectivity index (χ1) is 12.4. The zero-order chi connectivity index (χ0) is 19.1. The molecule has 2 rings (SSSR count). The third-order valence-corrected chi connectivity index (χ3v) is 4.06. The minimum Gasteiger partial charge on any atom is -0.378 e. The molecule has 0 spiro atoms. The van der Waals surface area contributed by atoms with E-state index in [0.717, 1.165) is 17.1 Å². The molecule has 0 aliphatic carbocycles. The summed E-state index contributed by atoms with van der Waals surface area (Å²) in [5.41, 5.74) is 3.48. The van der Waals surface area contributed by atoms with Crippen molar-refractivity contribution in [2.24, 2.45) is 0 Å². The van der Waals surface area contributed by atoms with Crippen molar-refractivity contribution in [2.45, 2.75) is 6.54 Å². The second kappa shape index (κ2) is 9.01. The fourth-order valence-electron chi connectivity index (χ4n) is 2.68. The highest BCUT2D eigenvalue weighted by Crippen LogP contribution is 2.12. The lowest BCUT2D eigenvalue weighted by atomic mass is 10.2. The maximum atomic E-state index is 12.3. The molecule has 0 fully saturated rings. The summed E-state index contributed by atoms with van der Waals surface area (Å²) in [4.78, 5) is 27.1. The van der Waals surface area contributed by atoms with E-state index in [1.54, 1.807) is 31.3 Å². The Labute approximate surface area is 154 Å². The van der Waals surface area contributed by atoms with Gasteiger partial charge in [-0.15, -0.1) is 0 Å². The molecule has 0 aliphatic heterocycles. The van der Waals surface area contributed by atoms with Crippen molar-refractivity contribution >= 4 is 23.2 Å². The van der Waals surface area contributed by atoms with E-state index in [9.17, 15) is 9.59 Å². The van der Waals surface area contributed by atoms with Crippen LogP contribution in [-0.4, -0.2) is 46.5 Å². The Morgan fingerprint density at radius 2 is 1.77 bits per heavy atom. The van der Waals surface area contributed by atoms with Gasteiger partial charge in [-0.3, -0.25) is 9.59 Å². The van der Waals surface area contributed by atoms with Crippen molar-refractivity contribution < 1.29 is 14.5 Å². The Kier molecular flexibility index (Phi) is 6.74. The average Bonchev–Trinajstić information content (AvgIpc) is 2.61. The van der Waals surface area contributed by atoms with Crippen LogP contribution in [0.4, 0.5) is 11.4 Å². The summed E-state index contributed by atoms with van der Waals surface area (Å²) in [6.45, 7) is 1.11. The Hall–Kier alpha value is -2.86. The van der Waals surface area contributed by atoms with Crippen molar-refractivity contribution in [3.05, 3.63) is 59.7 Å². The van der Waals surface area contributed by atoms with E-state index >= 15 is 0 Å². The summed E-state index contributed by atoms with van der Waals surface area (Å²) in [7, 11) is 7.59. The molecule has 3 N–H and O–H groups in total. The fourth-order valence-corrected chi connectivity index (χ4v) is 2.68. The van der Waals surface area contributed by atoms with Gasteiger partial charge in [0, 0.05) is 43.6 Å². The normalized spacial score (nSPS) is 11.5. The first-order valence-electron chi connectivity index (χ1n) is 8.58. The number of rotatable bonds is 7. The second-order valence-electron chi connectivity index (χ2n) is 6.58. The number of quaternary nitrogens is 1. The van der Waals surface area contributed by atoms with Crippen LogP contribution < -0.4 is 20.4 Å². The molecule has 0 aliphatic rings. The number of nitrogens with zero attached hydrogens (tertiary/aromatic N) is 1. The molecule has 0 heterocycles. The first-order valence-corrected chi connectivity index (χ1v) is 8.58. The molecular formula is C20H27N4O2+. The van der Waals surface area contributed by atoms with Gasteiger partial charge in [0.05, 0.1) is 7.05 Å². The third kappa shape index (κ3) is 5.60. The topological polar surface area (TPSA) is 65.9 Å². The molecule has 1 atom stereocenters. The second-order valence-corrected chi connectivity index (χ2v) is 6.58. The van der Waals surface area contributed by atoms with Gasteiger partial charge in [0.25, 0.3) is 11.8 Å². The predicted molar refractivity (Wildman–Crippen MR) is 105 cm³/mol.